The first kappa shape index (κ1) is 12.6. The van der Waals surface area contributed by atoms with E-state index in [1.807, 2.05) is 30.3 Å². The van der Waals surface area contributed by atoms with Crippen LogP contribution < -0.4 is 5.32 Å². The van der Waals surface area contributed by atoms with Gasteiger partial charge in [-0.05, 0) is 11.5 Å². The van der Waals surface area contributed by atoms with Crippen molar-refractivity contribution >= 4 is 16.7 Å². The molecule has 1 aromatic heterocycles. The van der Waals surface area contributed by atoms with Crippen molar-refractivity contribution in [3.05, 3.63) is 42.2 Å². The highest BCUT2D eigenvalue weighted by molar-refractivity contribution is 6.05. The van der Waals surface area contributed by atoms with Crippen LogP contribution in [-0.4, -0.2) is 41.5 Å². The quantitative estimate of drug-likeness (QED) is 0.841. The molecule has 1 aliphatic heterocycles. The third-order valence-electron chi connectivity index (χ3n) is 3.53. The number of aromatic nitrogens is 1. The number of rotatable bonds is 1. The first-order chi connectivity index (χ1) is 9.81. The van der Waals surface area contributed by atoms with E-state index >= 15 is 0 Å². The third-order valence-corrected chi connectivity index (χ3v) is 3.53. The number of piperazine rings is 1. The Kier molecular flexibility index (Phi) is 3.32. The normalized spacial score (nSPS) is 18.8. The number of hydrogen-bond acceptors (Lipinski definition) is 4. The second-order valence-electron chi connectivity index (χ2n) is 4.73. The Hall–Kier alpha value is -2.45. The van der Waals surface area contributed by atoms with Crippen molar-refractivity contribution in [2.45, 2.75) is 6.04 Å². The molecule has 1 N–H and O–H groups in total. The average Bonchev–Trinajstić information content (AvgIpc) is 2.53. The van der Waals surface area contributed by atoms with E-state index in [0.29, 0.717) is 25.3 Å². The van der Waals surface area contributed by atoms with Gasteiger partial charge < -0.3 is 10.2 Å². The fraction of sp³-hybridized carbons (Fsp3) is 0.267. The minimum atomic E-state index is -0.433. The van der Waals surface area contributed by atoms with Gasteiger partial charge in [-0.1, -0.05) is 24.3 Å². The van der Waals surface area contributed by atoms with E-state index in [0.717, 1.165) is 10.8 Å². The molecule has 5 nitrogen and oxygen atoms in total. The van der Waals surface area contributed by atoms with Gasteiger partial charge in [-0.15, -0.1) is 0 Å². The van der Waals surface area contributed by atoms with Crippen molar-refractivity contribution < 1.29 is 4.79 Å². The highest BCUT2D eigenvalue weighted by Crippen LogP contribution is 2.19. The van der Waals surface area contributed by atoms with E-state index in [4.69, 9.17) is 5.26 Å². The van der Waals surface area contributed by atoms with E-state index in [2.05, 4.69) is 16.4 Å². The Labute approximate surface area is 116 Å². The molecule has 1 saturated heterocycles. The van der Waals surface area contributed by atoms with Crippen LogP contribution in [0.3, 0.4) is 0 Å². The van der Waals surface area contributed by atoms with Gasteiger partial charge in [0.2, 0.25) is 0 Å². The van der Waals surface area contributed by atoms with Crippen molar-refractivity contribution in [1.82, 2.24) is 15.2 Å². The molecule has 0 aliphatic carbocycles. The maximum absolute atomic E-state index is 12.7. The van der Waals surface area contributed by atoms with Gasteiger partial charge in [0.05, 0.1) is 6.07 Å². The summed E-state index contributed by atoms with van der Waals surface area (Å²) in [6.07, 6.45) is 1.64. The van der Waals surface area contributed by atoms with E-state index in [9.17, 15) is 4.79 Å². The van der Waals surface area contributed by atoms with Gasteiger partial charge in [-0.3, -0.25) is 9.78 Å². The zero-order chi connectivity index (χ0) is 13.9. The van der Waals surface area contributed by atoms with Crippen LogP contribution in [0.4, 0.5) is 0 Å². The zero-order valence-electron chi connectivity index (χ0n) is 10.9. The molecule has 20 heavy (non-hydrogen) atoms. The van der Waals surface area contributed by atoms with Crippen LogP contribution in [0.2, 0.25) is 0 Å². The summed E-state index contributed by atoms with van der Waals surface area (Å²) in [5.74, 6) is -0.171. The number of carbonyl (C=O) groups excluding carboxylic acids is 1. The second-order valence-corrected chi connectivity index (χ2v) is 4.73. The summed E-state index contributed by atoms with van der Waals surface area (Å²) in [7, 11) is 0. The Morgan fingerprint density at radius 1 is 1.40 bits per heavy atom. The van der Waals surface area contributed by atoms with Gasteiger partial charge in [0, 0.05) is 31.2 Å². The lowest BCUT2D eigenvalue weighted by molar-refractivity contribution is 0.0683. The number of nitriles is 1. The summed E-state index contributed by atoms with van der Waals surface area (Å²) in [6.45, 7) is 1.74. The van der Waals surface area contributed by atoms with Crippen molar-refractivity contribution in [3.63, 3.8) is 0 Å². The molecule has 0 spiro atoms. The van der Waals surface area contributed by atoms with E-state index in [-0.39, 0.29) is 5.91 Å². The smallest absolute Gasteiger partial charge is 0.274 e. The lowest BCUT2D eigenvalue weighted by Gasteiger charge is -2.31. The van der Waals surface area contributed by atoms with Gasteiger partial charge in [0.15, 0.2) is 0 Å². The molecule has 2 aromatic rings. The van der Waals surface area contributed by atoms with Crippen LogP contribution in [-0.2, 0) is 0 Å². The number of hydrogen-bond donors (Lipinski definition) is 1. The maximum atomic E-state index is 12.7. The highest BCUT2D eigenvalue weighted by Gasteiger charge is 2.28. The molecule has 2 heterocycles. The van der Waals surface area contributed by atoms with Crippen molar-refractivity contribution in [2.75, 3.05) is 19.6 Å². The average molecular weight is 266 g/mol. The summed E-state index contributed by atoms with van der Waals surface area (Å²) in [5.41, 5.74) is 0.422. The first-order valence-electron chi connectivity index (χ1n) is 6.56. The number of nitrogens with one attached hydrogen (secondary N) is 1. The standard InChI is InChI=1S/C15H14N4O/c16-9-12-10-17-7-8-19(12)15(20)14-13-4-2-1-3-11(13)5-6-18-14/h1-6,12,17H,7-8,10H2. The second kappa shape index (κ2) is 5.27. The fourth-order valence-corrected chi connectivity index (χ4v) is 2.49. The minimum Gasteiger partial charge on any atom is -0.319 e. The maximum Gasteiger partial charge on any atom is 0.274 e. The van der Waals surface area contributed by atoms with E-state index in [1.54, 1.807) is 11.1 Å². The number of amides is 1. The molecule has 0 bridgehead atoms. The van der Waals surface area contributed by atoms with Crippen molar-refractivity contribution in [3.8, 4) is 6.07 Å². The predicted molar refractivity (Wildman–Crippen MR) is 75.1 cm³/mol. The Morgan fingerprint density at radius 2 is 2.25 bits per heavy atom. The van der Waals surface area contributed by atoms with Crippen LogP contribution in [0.1, 0.15) is 10.5 Å². The molecule has 1 atom stereocenters. The van der Waals surface area contributed by atoms with Crippen LogP contribution in [0.15, 0.2) is 36.5 Å². The van der Waals surface area contributed by atoms with Gasteiger partial charge in [0.1, 0.15) is 11.7 Å². The van der Waals surface area contributed by atoms with Gasteiger partial charge in [-0.25, -0.2) is 0 Å². The molecule has 5 heteroatoms. The van der Waals surface area contributed by atoms with E-state index < -0.39 is 6.04 Å². The Balaban J connectivity index is 2.02. The zero-order valence-corrected chi connectivity index (χ0v) is 10.9. The highest BCUT2D eigenvalue weighted by atomic mass is 16.2. The lowest BCUT2D eigenvalue weighted by atomic mass is 10.1. The van der Waals surface area contributed by atoms with Crippen molar-refractivity contribution in [1.29, 1.82) is 5.26 Å². The van der Waals surface area contributed by atoms with Crippen LogP contribution >= 0.6 is 0 Å². The largest absolute Gasteiger partial charge is 0.319 e. The molecule has 0 saturated carbocycles. The summed E-state index contributed by atoms with van der Waals surface area (Å²) < 4.78 is 0. The Morgan fingerprint density at radius 3 is 3.10 bits per heavy atom. The lowest BCUT2D eigenvalue weighted by Crippen LogP contribution is -2.53. The summed E-state index contributed by atoms with van der Waals surface area (Å²) in [6, 6.07) is 11.3. The topological polar surface area (TPSA) is 69.0 Å². The number of pyridine rings is 1. The summed E-state index contributed by atoms with van der Waals surface area (Å²) >= 11 is 0. The van der Waals surface area contributed by atoms with Gasteiger partial charge in [0.25, 0.3) is 5.91 Å². The molecule has 1 fully saturated rings. The van der Waals surface area contributed by atoms with E-state index in [1.165, 1.54) is 0 Å². The van der Waals surface area contributed by atoms with Crippen molar-refractivity contribution in [2.24, 2.45) is 0 Å². The molecule has 3 rings (SSSR count). The molecular weight excluding hydrogens is 252 g/mol. The molecule has 1 aromatic carbocycles. The number of fused-ring (bicyclic) bond motifs is 1. The monoisotopic (exact) mass is 266 g/mol. The minimum absolute atomic E-state index is 0.171. The first-order valence-corrected chi connectivity index (χ1v) is 6.56. The molecule has 100 valence electrons. The SMILES string of the molecule is N#CC1CNCCN1C(=O)c1nccc2ccccc12. The molecule has 1 unspecified atom stereocenters. The molecule has 1 amide bonds. The van der Waals surface area contributed by atoms with Crippen LogP contribution in [0.25, 0.3) is 10.8 Å². The number of nitrogens with zero attached hydrogens (tertiary/aromatic N) is 3. The summed E-state index contributed by atoms with van der Waals surface area (Å²) in [4.78, 5) is 18.5. The van der Waals surface area contributed by atoms with Crippen LogP contribution in [0, 0.1) is 11.3 Å². The van der Waals surface area contributed by atoms with Crippen LogP contribution in [0.5, 0.6) is 0 Å². The molecule has 0 radical (unpaired) electrons. The molecular formula is C15H14N4O. The number of benzene rings is 1. The molecule has 1 aliphatic rings. The van der Waals surface area contributed by atoms with Gasteiger partial charge >= 0.3 is 0 Å². The third kappa shape index (κ3) is 2.10. The Bertz CT molecular complexity index is 686. The number of carbonyl (C=O) groups is 1. The predicted octanol–water partition coefficient (Wildman–Crippen LogP) is 1.17. The fourth-order valence-electron chi connectivity index (χ4n) is 2.49. The summed E-state index contributed by atoms with van der Waals surface area (Å²) in [5, 5.41) is 14.1. The van der Waals surface area contributed by atoms with Gasteiger partial charge in [-0.2, -0.15) is 5.26 Å².